The number of hydrogen-bond acceptors (Lipinski definition) is 6. The fourth-order valence-electron chi connectivity index (χ4n) is 4.78. The van der Waals surface area contributed by atoms with E-state index >= 15 is 0 Å². The SMILES string of the molecule is CCOC(=O)c1nn(-c2ccc(OC)cc2)c2c1CCN(C1C3CNCC31)C2=O. The minimum absolute atomic E-state index is 0.0514. The van der Waals surface area contributed by atoms with Crippen molar-refractivity contribution in [3.8, 4) is 11.4 Å². The van der Waals surface area contributed by atoms with Gasteiger partial charge in [0.15, 0.2) is 5.69 Å². The van der Waals surface area contributed by atoms with Crippen LogP contribution in [0, 0.1) is 11.8 Å². The molecule has 2 fully saturated rings. The van der Waals surface area contributed by atoms with Crippen molar-refractivity contribution in [2.24, 2.45) is 11.8 Å². The minimum atomic E-state index is -0.482. The normalized spacial score (nSPS) is 24.8. The summed E-state index contributed by atoms with van der Waals surface area (Å²) in [4.78, 5) is 28.0. The maximum atomic E-state index is 13.5. The molecule has 1 N–H and O–H groups in total. The maximum absolute atomic E-state index is 13.5. The summed E-state index contributed by atoms with van der Waals surface area (Å²) in [5.74, 6) is 1.27. The summed E-state index contributed by atoms with van der Waals surface area (Å²) in [5.41, 5.74) is 2.11. The summed E-state index contributed by atoms with van der Waals surface area (Å²) in [6.07, 6.45) is 0.606. The molecule has 5 rings (SSSR count). The van der Waals surface area contributed by atoms with Crippen LogP contribution in [0.1, 0.15) is 33.5 Å². The number of benzene rings is 1. The van der Waals surface area contributed by atoms with E-state index in [1.54, 1.807) is 18.7 Å². The number of hydrogen-bond donors (Lipinski definition) is 1. The Bertz CT molecular complexity index is 958. The predicted octanol–water partition coefficient (Wildman–Crippen LogP) is 1.27. The molecule has 0 spiro atoms. The lowest BCUT2D eigenvalue weighted by atomic mass is 10.0. The lowest BCUT2D eigenvalue weighted by Crippen LogP contribution is -2.43. The molecule has 1 saturated carbocycles. The second-order valence-corrected chi connectivity index (χ2v) is 7.73. The smallest absolute Gasteiger partial charge is 0.359 e. The standard InChI is InChI=1S/C21H24N4O4/c1-3-29-21(27)17-14-8-9-24(18-15-10-22-11-16(15)18)20(26)19(14)25(23-17)12-4-6-13(28-2)7-5-12/h4-7,15-16,18,22H,3,8-11H2,1-2H3. The van der Waals surface area contributed by atoms with Gasteiger partial charge >= 0.3 is 5.97 Å². The maximum Gasteiger partial charge on any atom is 0.359 e. The third-order valence-corrected chi connectivity index (χ3v) is 6.24. The van der Waals surface area contributed by atoms with Gasteiger partial charge in [0.2, 0.25) is 0 Å². The van der Waals surface area contributed by atoms with Crippen LogP contribution in [0.2, 0.25) is 0 Å². The zero-order valence-electron chi connectivity index (χ0n) is 16.6. The molecular formula is C21H24N4O4. The van der Waals surface area contributed by atoms with Gasteiger partial charge in [-0.2, -0.15) is 5.10 Å². The summed E-state index contributed by atoms with van der Waals surface area (Å²) in [7, 11) is 1.60. The van der Waals surface area contributed by atoms with Crippen LogP contribution in [0.15, 0.2) is 24.3 Å². The highest BCUT2D eigenvalue weighted by Crippen LogP contribution is 2.47. The zero-order valence-corrected chi connectivity index (χ0v) is 16.6. The molecular weight excluding hydrogens is 372 g/mol. The molecule has 8 heteroatoms. The monoisotopic (exact) mass is 396 g/mol. The highest BCUT2D eigenvalue weighted by atomic mass is 16.5. The van der Waals surface area contributed by atoms with Crippen molar-refractivity contribution in [3.05, 3.63) is 41.2 Å². The van der Waals surface area contributed by atoms with Gasteiger partial charge in [-0.25, -0.2) is 9.48 Å². The molecule has 29 heavy (non-hydrogen) atoms. The number of fused-ring (bicyclic) bond motifs is 2. The molecule has 8 nitrogen and oxygen atoms in total. The Morgan fingerprint density at radius 2 is 1.97 bits per heavy atom. The number of carbonyl (C=O) groups is 2. The van der Waals surface area contributed by atoms with E-state index in [9.17, 15) is 9.59 Å². The van der Waals surface area contributed by atoms with Crippen molar-refractivity contribution in [3.63, 3.8) is 0 Å². The van der Waals surface area contributed by atoms with E-state index in [1.165, 1.54) is 0 Å². The number of esters is 1. The average Bonchev–Trinajstić information content (AvgIpc) is 3.09. The summed E-state index contributed by atoms with van der Waals surface area (Å²) in [6, 6.07) is 7.60. The van der Waals surface area contributed by atoms with Gasteiger partial charge in [-0.3, -0.25) is 4.79 Å². The second-order valence-electron chi connectivity index (χ2n) is 7.73. The number of piperidine rings is 1. The number of ether oxygens (including phenoxy) is 2. The van der Waals surface area contributed by atoms with Crippen LogP contribution >= 0.6 is 0 Å². The molecule has 1 amide bonds. The first-order chi connectivity index (χ1) is 14.1. The van der Waals surface area contributed by atoms with E-state index in [4.69, 9.17) is 9.47 Å². The van der Waals surface area contributed by atoms with Crippen LogP contribution in [-0.4, -0.2) is 65.9 Å². The summed E-state index contributed by atoms with van der Waals surface area (Å²) >= 11 is 0. The van der Waals surface area contributed by atoms with Gasteiger partial charge in [-0.1, -0.05) is 0 Å². The van der Waals surface area contributed by atoms with Crippen LogP contribution in [0.3, 0.4) is 0 Å². The van der Waals surface area contributed by atoms with E-state index in [0.717, 1.165) is 13.1 Å². The van der Waals surface area contributed by atoms with E-state index in [1.807, 2.05) is 29.2 Å². The van der Waals surface area contributed by atoms with E-state index < -0.39 is 5.97 Å². The van der Waals surface area contributed by atoms with Gasteiger partial charge in [0.1, 0.15) is 11.4 Å². The van der Waals surface area contributed by atoms with Gasteiger partial charge in [-0.05, 0) is 49.4 Å². The number of rotatable bonds is 5. The summed E-state index contributed by atoms with van der Waals surface area (Å²) < 4.78 is 12.0. The van der Waals surface area contributed by atoms with Crippen molar-refractivity contribution < 1.29 is 19.1 Å². The molecule has 0 bridgehead atoms. The van der Waals surface area contributed by atoms with Gasteiger partial charge in [0.05, 0.1) is 19.4 Å². The van der Waals surface area contributed by atoms with Gasteiger partial charge in [-0.15, -0.1) is 0 Å². The van der Waals surface area contributed by atoms with Crippen molar-refractivity contribution >= 4 is 11.9 Å². The Kier molecular flexibility index (Phi) is 4.31. The third kappa shape index (κ3) is 2.81. The van der Waals surface area contributed by atoms with Gasteiger partial charge < -0.3 is 19.7 Å². The Balaban J connectivity index is 1.56. The number of nitrogens with zero attached hydrogens (tertiary/aromatic N) is 3. The fraction of sp³-hybridized carbons (Fsp3) is 0.476. The number of aromatic nitrogens is 2. The van der Waals surface area contributed by atoms with Crippen molar-refractivity contribution in [1.82, 2.24) is 20.0 Å². The van der Waals surface area contributed by atoms with Gasteiger partial charge in [0, 0.05) is 31.2 Å². The molecule has 2 atom stereocenters. The topological polar surface area (TPSA) is 85.7 Å². The van der Waals surface area contributed by atoms with Crippen LogP contribution in [0.5, 0.6) is 5.75 Å². The summed E-state index contributed by atoms with van der Waals surface area (Å²) in [6.45, 7) is 4.58. The molecule has 1 saturated heterocycles. The minimum Gasteiger partial charge on any atom is -0.497 e. The molecule has 1 aromatic carbocycles. The number of nitrogens with one attached hydrogen (secondary N) is 1. The van der Waals surface area contributed by atoms with Crippen molar-refractivity contribution in [2.45, 2.75) is 19.4 Å². The first-order valence-electron chi connectivity index (χ1n) is 10.1. The van der Waals surface area contributed by atoms with Gasteiger partial charge in [0.25, 0.3) is 5.91 Å². The molecule has 1 aromatic heterocycles. The van der Waals surface area contributed by atoms with Crippen molar-refractivity contribution in [2.75, 3.05) is 33.4 Å². The van der Waals surface area contributed by atoms with Crippen molar-refractivity contribution in [1.29, 1.82) is 0 Å². The zero-order chi connectivity index (χ0) is 20.1. The quantitative estimate of drug-likeness (QED) is 0.767. The molecule has 2 aliphatic heterocycles. The molecule has 3 aliphatic rings. The Morgan fingerprint density at radius 1 is 1.24 bits per heavy atom. The lowest BCUT2D eigenvalue weighted by molar-refractivity contribution is 0.0517. The Morgan fingerprint density at radius 3 is 2.62 bits per heavy atom. The summed E-state index contributed by atoms with van der Waals surface area (Å²) in [5, 5.41) is 7.89. The molecule has 0 radical (unpaired) electrons. The van der Waals surface area contributed by atoms with E-state index in [2.05, 4.69) is 10.4 Å². The first-order valence-corrected chi connectivity index (χ1v) is 10.1. The highest BCUT2D eigenvalue weighted by Gasteiger charge is 2.58. The number of carbonyl (C=O) groups excluding carboxylic acids is 2. The number of amides is 1. The molecule has 2 aromatic rings. The Hall–Kier alpha value is -2.87. The average molecular weight is 396 g/mol. The van der Waals surface area contributed by atoms with E-state index in [-0.39, 0.29) is 18.2 Å². The lowest BCUT2D eigenvalue weighted by Gasteiger charge is -2.29. The number of methoxy groups -OCH3 is 1. The first kappa shape index (κ1) is 18.2. The highest BCUT2D eigenvalue weighted by molar-refractivity contribution is 6.00. The van der Waals surface area contributed by atoms with Crippen LogP contribution in [-0.2, 0) is 11.2 Å². The van der Waals surface area contributed by atoms with Crippen LogP contribution in [0.25, 0.3) is 5.69 Å². The predicted molar refractivity (Wildman–Crippen MR) is 104 cm³/mol. The third-order valence-electron chi connectivity index (χ3n) is 6.24. The van der Waals surface area contributed by atoms with Crippen LogP contribution in [0.4, 0.5) is 0 Å². The molecule has 2 unspecified atom stereocenters. The Labute approximate surface area is 168 Å². The molecule has 1 aliphatic carbocycles. The molecule has 3 heterocycles. The fourth-order valence-corrected chi connectivity index (χ4v) is 4.78. The van der Waals surface area contributed by atoms with Crippen LogP contribution < -0.4 is 10.1 Å². The second kappa shape index (κ2) is 6.88. The largest absolute Gasteiger partial charge is 0.497 e. The molecule has 152 valence electrons. The van der Waals surface area contributed by atoms with E-state index in [0.29, 0.717) is 53.5 Å².